The highest BCUT2D eigenvalue weighted by atomic mass is 16.5. The lowest BCUT2D eigenvalue weighted by Gasteiger charge is -2.22. The smallest absolute Gasteiger partial charge is 0.226 e. The highest BCUT2D eigenvalue weighted by molar-refractivity contribution is 4.91. The Morgan fingerprint density at radius 3 is 2.89 bits per heavy atom. The average molecular weight is 267 g/mol. The highest BCUT2D eigenvalue weighted by Crippen LogP contribution is 2.26. The molecular formula is C14H25N3O2. The fourth-order valence-corrected chi connectivity index (χ4v) is 2.44. The zero-order valence-electron chi connectivity index (χ0n) is 12.0. The number of rotatable bonds is 7. The second-order valence-electron chi connectivity index (χ2n) is 6.15. The zero-order chi connectivity index (χ0) is 13.7. The van der Waals surface area contributed by atoms with Gasteiger partial charge in [-0.15, -0.1) is 0 Å². The Kier molecular flexibility index (Phi) is 4.93. The third-order valence-corrected chi connectivity index (χ3v) is 3.78. The summed E-state index contributed by atoms with van der Waals surface area (Å²) in [7, 11) is 0. The summed E-state index contributed by atoms with van der Waals surface area (Å²) in [6, 6.07) is 0. The molecule has 1 aromatic rings. The van der Waals surface area contributed by atoms with Crippen molar-refractivity contribution in [3.63, 3.8) is 0 Å². The van der Waals surface area contributed by atoms with E-state index in [1.807, 2.05) is 0 Å². The van der Waals surface area contributed by atoms with E-state index >= 15 is 0 Å². The van der Waals surface area contributed by atoms with Crippen molar-refractivity contribution in [1.29, 1.82) is 0 Å². The van der Waals surface area contributed by atoms with Crippen molar-refractivity contribution in [3.8, 4) is 0 Å². The van der Waals surface area contributed by atoms with Gasteiger partial charge in [0.1, 0.15) is 0 Å². The second kappa shape index (κ2) is 6.48. The molecule has 108 valence electrons. The summed E-state index contributed by atoms with van der Waals surface area (Å²) in [5.41, 5.74) is 5.85. The van der Waals surface area contributed by atoms with E-state index in [0.29, 0.717) is 0 Å². The van der Waals surface area contributed by atoms with Gasteiger partial charge in [0.25, 0.3) is 0 Å². The predicted octanol–water partition coefficient (Wildman–Crippen LogP) is 2.10. The molecule has 0 saturated carbocycles. The average Bonchev–Trinajstić information content (AvgIpc) is 2.99. The van der Waals surface area contributed by atoms with Crippen LogP contribution in [0.5, 0.6) is 0 Å². The van der Waals surface area contributed by atoms with Crippen LogP contribution in [0.15, 0.2) is 4.52 Å². The molecular weight excluding hydrogens is 242 g/mol. The first-order chi connectivity index (χ1) is 9.09. The van der Waals surface area contributed by atoms with E-state index in [0.717, 1.165) is 63.4 Å². The molecule has 1 atom stereocenters. The molecule has 2 N–H and O–H groups in total. The van der Waals surface area contributed by atoms with Gasteiger partial charge in [-0.05, 0) is 37.6 Å². The summed E-state index contributed by atoms with van der Waals surface area (Å²) in [5, 5.41) is 4.04. The van der Waals surface area contributed by atoms with Crippen LogP contribution in [-0.4, -0.2) is 29.4 Å². The minimum Gasteiger partial charge on any atom is -0.378 e. The van der Waals surface area contributed by atoms with Crippen molar-refractivity contribution >= 4 is 0 Å². The summed E-state index contributed by atoms with van der Waals surface area (Å²) in [4.78, 5) is 4.45. The van der Waals surface area contributed by atoms with Crippen LogP contribution in [0.4, 0.5) is 0 Å². The molecule has 5 heteroatoms. The van der Waals surface area contributed by atoms with E-state index in [4.69, 9.17) is 15.0 Å². The van der Waals surface area contributed by atoms with Crippen LogP contribution < -0.4 is 5.73 Å². The molecule has 1 aromatic heterocycles. The van der Waals surface area contributed by atoms with Crippen molar-refractivity contribution in [2.24, 2.45) is 11.1 Å². The van der Waals surface area contributed by atoms with Crippen LogP contribution in [0.25, 0.3) is 0 Å². The second-order valence-corrected chi connectivity index (χ2v) is 6.15. The van der Waals surface area contributed by atoms with Crippen LogP contribution >= 0.6 is 0 Å². The van der Waals surface area contributed by atoms with E-state index in [-0.39, 0.29) is 11.5 Å². The molecule has 0 bridgehead atoms. The van der Waals surface area contributed by atoms with E-state index in [9.17, 15) is 0 Å². The molecule has 1 aliphatic heterocycles. The fraction of sp³-hybridized carbons (Fsp3) is 0.857. The molecule has 0 radical (unpaired) electrons. The van der Waals surface area contributed by atoms with E-state index in [1.54, 1.807) is 0 Å². The Morgan fingerprint density at radius 2 is 2.21 bits per heavy atom. The Bertz CT molecular complexity index is 384. The Hall–Kier alpha value is -0.940. The quantitative estimate of drug-likeness (QED) is 0.819. The summed E-state index contributed by atoms with van der Waals surface area (Å²) in [5.74, 6) is 1.51. The van der Waals surface area contributed by atoms with Crippen LogP contribution in [-0.2, 0) is 17.6 Å². The molecule has 1 fully saturated rings. The van der Waals surface area contributed by atoms with Gasteiger partial charge in [-0.3, -0.25) is 0 Å². The molecule has 1 aliphatic rings. The number of nitrogens with two attached hydrogens (primary N) is 1. The van der Waals surface area contributed by atoms with Gasteiger partial charge in [0.2, 0.25) is 5.89 Å². The maximum Gasteiger partial charge on any atom is 0.226 e. The number of nitrogens with zero attached hydrogens (tertiary/aromatic N) is 2. The van der Waals surface area contributed by atoms with Gasteiger partial charge in [-0.25, -0.2) is 0 Å². The Morgan fingerprint density at radius 1 is 1.37 bits per heavy atom. The predicted molar refractivity (Wildman–Crippen MR) is 72.7 cm³/mol. The van der Waals surface area contributed by atoms with E-state index in [2.05, 4.69) is 24.0 Å². The Balaban J connectivity index is 1.80. The van der Waals surface area contributed by atoms with Crippen LogP contribution in [0, 0.1) is 5.41 Å². The van der Waals surface area contributed by atoms with Crippen molar-refractivity contribution < 1.29 is 9.26 Å². The minimum absolute atomic E-state index is 0.234. The van der Waals surface area contributed by atoms with Crippen molar-refractivity contribution in [3.05, 3.63) is 11.7 Å². The molecule has 5 nitrogen and oxygen atoms in total. The molecule has 0 amide bonds. The largest absolute Gasteiger partial charge is 0.378 e. The van der Waals surface area contributed by atoms with Crippen molar-refractivity contribution in [2.45, 2.75) is 58.5 Å². The van der Waals surface area contributed by atoms with Crippen LogP contribution in [0.2, 0.25) is 0 Å². The molecule has 0 aliphatic carbocycles. The van der Waals surface area contributed by atoms with Gasteiger partial charge in [-0.1, -0.05) is 19.0 Å². The van der Waals surface area contributed by atoms with Gasteiger partial charge >= 0.3 is 0 Å². The molecule has 2 rings (SSSR count). The van der Waals surface area contributed by atoms with Gasteiger partial charge < -0.3 is 15.0 Å². The van der Waals surface area contributed by atoms with Gasteiger partial charge in [0, 0.05) is 19.4 Å². The lowest BCUT2D eigenvalue weighted by atomic mass is 9.84. The SMILES string of the molecule is CC(C)(CCN)CCc1nc(CC2CCCO2)no1. The molecule has 0 aromatic carbocycles. The lowest BCUT2D eigenvalue weighted by Crippen LogP contribution is -2.18. The molecule has 2 heterocycles. The first-order valence-corrected chi connectivity index (χ1v) is 7.22. The van der Waals surface area contributed by atoms with E-state index in [1.165, 1.54) is 0 Å². The number of hydrogen-bond acceptors (Lipinski definition) is 5. The first kappa shape index (κ1) is 14.5. The highest BCUT2D eigenvalue weighted by Gasteiger charge is 2.21. The van der Waals surface area contributed by atoms with Crippen molar-refractivity contribution in [1.82, 2.24) is 10.1 Å². The summed E-state index contributed by atoms with van der Waals surface area (Å²) >= 11 is 0. The standard InChI is InChI=1S/C14H25N3O2/c1-14(2,7-8-15)6-5-13-16-12(17-19-13)10-11-4-3-9-18-11/h11H,3-10,15H2,1-2H3. The maximum atomic E-state index is 5.61. The molecule has 1 unspecified atom stereocenters. The third-order valence-electron chi connectivity index (χ3n) is 3.78. The molecule has 0 spiro atoms. The number of hydrogen-bond donors (Lipinski definition) is 1. The van der Waals surface area contributed by atoms with Crippen molar-refractivity contribution in [2.75, 3.05) is 13.2 Å². The van der Waals surface area contributed by atoms with Gasteiger partial charge in [0.15, 0.2) is 5.82 Å². The normalized spacial score (nSPS) is 20.1. The summed E-state index contributed by atoms with van der Waals surface area (Å²) in [6.45, 7) is 6.04. The number of ether oxygens (including phenoxy) is 1. The number of aryl methyl sites for hydroxylation is 1. The third kappa shape index (κ3) is 4.58. The monoisotopic (exact) mass is 267 g/mol. The fourth-order valence-electron chi connectivity index (χ4n) is 2.44. The molecule has 19 heavy (non-hydrogen) atoms. The first-order valence-electron chi connectivity index (χ1n) is 7.22. The topological polar surface area (TPSA) is 74.2 Å². The van der Waals surface area contributed by atoms with E-state index < -0.39 is 0 Å². The number of aromatic nitrogens is 2. The van der Waals surface area contributed by atoms with Gasteiger partial charge in [0.05, 0.1) is 6.10 Å². The lowest BCUT2D eigenvalue weighted by molar-refractivity contribution is 0.109. The Labute approximate surface area is 114 Å². The maximum absolute atomic E-state index is 5.61. The van der Waals surface area contributed by atoms with Crippen LogP contribution in [0.3, 0.4) is 0 Å². The molecule has 1 saturated heterocycles. The minimum atomic E-state index is 0.234. The van der Waals surface area contributed by atoms with Gasteiger partial charge in [-0.2, -0.15) is 4.98 Å². The summed E-state index contributed by atoms with van der Waals surface area (Å²) < 4.78 is 10.9. The zero-order valence-corrected chi connectivity index (χ0v) is 12.0. The van der Waals surface area contributed by atoms with Crippen LogP contribution in [0.1, 0.15) is 51.2 Å². The summed E-state index contributed by atoms with van der Waals surface area (Å²) in [6.07, 6.45) is 6.16.